The van der Waals surface area contributed by atoms with Crippen molar-refractivity contribution in [1.29, 1.82) is 0 Å². The van der Waals surface area contributed by atoms with E-state index in [0.717, 1.165) is 18.4 Å². The number of benzene rings is 1. The van der Waals surface area contributed by atoms with Crippen molar-refractivity contribution in [2.24, 2.45) is 0 Å². The first-order valence-electron chi connectivity index (χ1n) is 9.29. The van der Waals surface area contributed by atoms with Crippen molar-refractivity contribution in [2.75, 3.05) is 13.3 Å². The molecule has 1 aromatic carbocycles. The summed E-state index contributed by atoms with van der Waals surface area (Å²) in [5.74, 6) is 0.894. The fraction of sp³-hybridized carbons (Fsp3) is 0.526. The van der Waals surface area contributed by atoms with Crippen LogP contribution in [0.25, 0.3) is 11.4 Å². The third kappa shape index (κ3) is 4.91. The van der Waals surface area contributed by atoms with Crippen LogP contribution in [0.3, 0.4) is 0 Å². The molecule has 1 aliphatic rings. The Balaban J connectivity index is 1.52. The second-order valence-electron chi connectivity index (χ2n) is 7.24. The van der Waals surface area contributed by atoms with Crippen LogP contribution >= 0.6 is 11.6 Å². The van der Waals surface area contributed by atoms with Gasteiger partial charge in [0.1, 0.15) is 0 Å². The third-order valence-electron chi connectivity index (χ3n) is 5.21. The molecular formula is C19H24ClN3O4S. The van der Waals surface area contributed by atoms with Crippen molar-refractivity contribution >= 4 is 27.3 Å². The molecule has 7 nitrogen and oxygen atoms in total. The highest BCUT2D eigenvalue weighted by atomic mass is 35.5. The Hall–Kier alpha value is -1.93. The summed E-state index contributed by atoms with van der Waals surface area (Å²) in [6.45, 7) is 0. The summed E-state index contributed by atoms with van der Waals surface area (Å²) >= 11 is 5.88. The first kappa shape index (κ1) is 20.8. The molecule has 0 saturated heterocycles. The smallest absolute Gasteiger partial charge is 0.226 e. The highest BCUT2D eigenvalue weighted by Gasteiger charge is 2.38. The van der Waals surface area contributed by atoms with Crippen LogP contribution < -0.4 is 0 Å². The van der Waals surface area contributed by atoms with Crippen molar-refractivity contribution in [3.05, 3.63) is 35.2 Å². The summed E-state index contributed by atoms with van der Waals surface area (Å²) in [6.07, 6.45) is 4.78. The molecular weight excluding hydrogens is 402 g/mol. The van der Waals surface area contributed by atoms with Gasteiger partial charge in [-0.1, -0.05) is 16.8 Å². The lowest BCUT2D eigenvalue weighted by Gasteiger charge is -2.29. The molecule has 3 rings (SSSR count). The molecule has 2 aromatic rings. The monoisotopic (exact) mass is 425 g/mol. The highest BCUT2D eigenvalue weighted by molar-refractivity contribution is 7.91. The summed E-state index contributed by atoms with van der Waals surface area (Å²) < 4.78 is 29.1. The van der Waals surface area contributed by atoms with E-state index < -0.39 is 15.1 Å². The average molecular weight is 426 g/mol. The molecule has 1 fully saturated rings. The van der Waals surface area contributed by atoms with Crippen LogP contribution in [-0.4, -0.2) is 54.0 Å². The minimum Gasteiger partial charge on any atom is -0.341 e. The molecule has 2 atom stereocenters. The van der Waals surface area contributed by atoms with Gasteiger partial charge in [-0.2, -0.15) is 4.98 Å². The second kappa shape index (κ2) is 8.61. The second-order valence-corrected chi connectivity index (χ2v) is 9.94. The fourth-order valence-corrected chi connectivity index (χ4v) is 5.28. The number of amides is 1. The maximum Gasteiger partial charge on any atom is 0.226 e. The van der Waals surface area contributed by atoms with Gasteiger partial charge in [-0.3, -0.25) is 4.79 Å². The molecule has 0 radical (unpaired) electrons. The highest BCUT2D eigenvalue weighted by Crippen LogP contribution is 2.29. The molecule has 0 spiro atoms. The number of sulfone groups is 1. The number of nitrogens with zero attached hydrogens (tertiary/aromatic N) is 3. The van der Waals surface area contributed by atoms with Crippen LogP contribution in [0.4, 0.5) is 0 Å². The predicted octanol–water partition coefficient (Wildman–Crippen LogP) is 3.14. The van der Waals surface area contributed by atoms with E-state index in [1.807, 2.05) is 12.1 Å². The van der Waals surface area contributed by atoms with Gasteiger partial charge in [-0.15, -0.1) is 0 Å². The quantitative estimate of drug-likeness (QED) is 0.676. The number of hydrogen-bond donors (Lipinski definition) is 0. The van der Waals surface area contributed by atoms with Gasteiger partial charge in [0.05, 0.1) is 5.25 Å². The number of carbonyl (C=O) groups is 1. The summed E-state index contributed by atoms with van der Waals surface area (Å²) in [5, 5.41) is 4.13. The maximum atomic E-state index is 12.5. The molecule has 1 amide bonds. The lowest BCUT2D eigenvalue weighted by atomic mass is 10.1. The summed E-state index contributed by atoms with van der Waals surface area (Å²) in [7, 11) is -1.46. The zero-order valence-corrected chi connectivity index (χ0v) is 17.5. The lowest BCUT2D eigenvalue weighted by molar-refractivity contribution is -0.131. The number of aromatic nitrogens is 2. The van der Waals surface area contributed by atoms with Crippen LogP contribution in [0.2, 0.25) is 5.02 Å². The van der Waals surface area contributed by atoms with Gasteiger partial charge in [0.15, 0.2) is 9.84 Å². The van der Waals surface area contributed by atoms with Gasteiger partial charge in [0, 0.05) is 42.8 Å². The van der Waals surface area contributed by atoms with Crippen molar-refractivity contribution in [3.8, 4) is 11.4 Å². The van der Waals surface area contributed by atoms with Crippen LogP contribution in [0.15, 0.2) is 28.8 Å². The summed E-state index contributed by atoms with van der Waals surface area (Å²) in [4.78, 5) is 18.5. The first-order chi connectivity index (χ1) is 13.3. The van der Waals surface area contributed by atoms with E-state index in [4.69, 9.17) is 16.1 Å². The van der Waals surface area contributed by atoms with Gasteiger partial charge >= 0.3 is 0 Å². The van der Waals surface area contributed by atoms with Crippen molar-refractivity contribution in [1.82, 2.24) is 15.0 Å². The molecule has 1 heterocycles. The zero-order chi connectivity index (χ0) is 20.3. The molecule has 152 valence electrons. The zero-order valence-electron chi connectivity index (χ0n) is 16.0. The van der Waals surface area contributed by atoms with Gasteiger partial charge in [0.25, 0.3) is 0 Å². The van der Waals surface area contributed by atoms with Crippen molar-refractivity contribution in [3.63, 3.8) is 0 Å². The number of rotatable bonds is 7. The van der Waals surface area contributed by atoms with Gasteiger partial charge in [-0.25, -0.2) is 8.42 Å². The Morgan fingerprint density at radius 3 is 2.68 bits per heavy atom. The Morgan fingerprint density at radius 2 is 2.00 bits per heavy atom. The Labute approximate surface area is 170 Å². The van der Waals surface area contributed by atoms with E-state index >= 15 is 0 Å². The van der Waals surface area contributed by atoms with E-state index in [2.05, 4.69) is 10.1 Å². The van der Waals surface area contributed by atoms with E-state index in [-0.39, 0.29) is 11.9 Å². The number of carbonyl (C=O) groups excluding carboxylic acids is 1. The van der Waals surface area contributed by atoms with Crippen LogP contribution in [0.1, 0.15) is 38.0 Å². The minimum atomic E-state index is -3.16. The van der Waals surface area contributed by atoms with Gasteiger partial charge < -0.3 is 9.42 Å². The normalized spacial score (nSPS) is 19.7. The number of hydrogen-bond acceptors (Lipinski definition) is 6. The first-order valence-corrected chi connectivity index (χ1v) is 11.6. The van der Waals surface area contributed by atoms with E-state index in [9.17, 15) is 13.2 Å². The third-order valence-corrected chi connectivity index (χ3v) is 7.11. The number of halogens is 1. The lowest BCUT2D eigenvalue weighted by Crippen LogP contribution is -2.44. The summed E-state index contributed by atoms with van der Waals surface area (Å²) in [5.41, 5.74) is 0.809. The van der Waals surface area contributed by atoms with Crippen LogP contribution in [0, 0.1) is 0 Å². The van der Waals surface area contributed by atoms with Crippen molar-refractivity contribution < 1.29 is 17.7 Å². The topological polar surface area (TPSA) is 93.4 Å². The number of aryl methyl sites for hydroxylation is 1. The fourth-order valence-electron chi connectivity index (χ4n) is 3.67. The molecule has 1 saturated carbocycles. The maximum absolute atomic E-state index is 12.5. The molecule has 28 heavy (non-hydrogen) atoms. The predicted molar refractivity (Wildman–Crippen MR) is 107 cm³/mol. The van der Waals surface area contributed by atoms with Crippen LogP contribution in [-0.2, 0) is 21.1 Å². The molecule has 9 heteroatoms. The standard InChI is InChI=1S/C19H24ClN3O4S/c1-23(15-5-3-6-16(15)28(2,25)26)18(24)8-4-7-17-21-19(22-27-17)13-9-11-14(20)12-10-13/h9-12,15-16H,3-8H2,1-2H3/t15-,16-/m0/s1. The van der Waals surface area contributed by atoms with E-state index in [1.165, 1.54) is 6.26 Å². The average Bonchev–Trinajstić information content (AvgIpc) is 3.31. The van der Waals surface area contributed by atoms with E-state index in [1.54, 1.807) is 24.1 Å². The largest absolute Gasteiger partial charge is 0.341 e. The molecule has 0 aliphatic heterocycles. The molecule has 1 aromatic heterocycles. The Bertz CT molecular complexity index is 927. The molecule has 0 unspecified atom stereocenters. The molecule has 0 bridgehead atoms. The molecule has 1 aliphatic carbocycles. The Kier molecular flexibility index (Phi) is 6.40. The SMILES string of the molecule is CN(C(=O)CCCc1nc(-c2ccc(Cl)cc2)no1)[C@H]1CCC[C@@H]1S(C)(=O)=O. The Morgan fingerprint density at radius 1 is 1.29 bits per heavy atom. The van der Waals surface area contributed by atoms with Gasteiger partial charge in [0.2, 0.25) is 17.6 Å². The van der Waals surface area contributed by atoms with Crippen LogP contribution in [0.5, 0.6) is 0 Å². The van der Waals surface area contributed by atoms with Crippen molar-refractivity contribution in [2.45, 2.75) is 49.8 Å². The van der Waals surface area contributed by atoms with E-state index in [0.29, 0.717) is 42.4 Å². The molecule has 0 N–H and O–H groups in total. The van der Waals surface area contributed by atoms with Gasteiger partial charge in [-0.05, 0) is 49.9 Å². The minimum absolute atomic E-state index is 0.0574. The summed E-state index contributed by atoms with van der Waals surface area (Å²) in [6, 6.07) is 6.91.